The van der Waals surface area contributed by atoms with Crippen LogP contribution < -0.4 is 5.32 Å². The monoisotopic (exact) mass is 278 g/mol. The fourth-order valence-electron chi connectivity index (χ4n) is 2.08. The van der Waals surface area contributed by atoms with Crippen molar-refractivity contribution in [1.29, 1.82) is 0 Å². The molecule has 2 aromatic heterocycles. The number of aromatic nitrogens is 3. The first-order valence-corrected chi connectivity index (χ1v) is 6.83. The van der Waals surface area contributed by atoms with Crippen LogP contribution in [0.4, 0.5) is 0 Å². The molecule has 0 radical (unpaired) electrons. The molecule has 1 aliphatic carbocycles. The van der Waals surface area contributed by atoms with Crippen LogP contribution in [0.3, 0.4) is 0 Å². The van der Waals surface area contributed by atoms with E-state index in [9.17, 15) is 4.79 Å². The second-order valence-corrected chi connectivity index (χ2v) is 5.51. The first kappa shape index (κ1) is 12.4. The van der Waals surface area contributed by atoms with Crippen LogP contribution in [0, 0.1) is 0 Å². The lowest BCUT2D eigenvalue weighted by Crippen LogP contribution is -2.30. The molecular weight excluding hydrogens is 264 g/mol. The van der Waals surface area contributed by atoms with Crippen LogP contribution >= 0.6 is 11.6 Å². The van der Waals surface area contributed by atoms with Crippen LogP contribution in [0.1, 0.15) is 31.0 Å². The van der Waals surface area contributed by atoms with Gasteiger partial charge in [-0.05, 0) is 31.9 Å². The summed E-state index contributed by atoms with van der Waals surface area (Å²) >= 11 is 6.14. The second kappa shape index (κ2) is 4.81. The molecule has 1 atom stereocenters. The molecule has 1 amide bonds. The fraction of sp³-hybridized carbons (Fsp3) is 0.462. The molecule has 0 aliphatic heterocycles. The number of alkyl halides is 1. The van der Waals surface area contributed by atoms with Gasteiger partial charge in [0.25, 0.3) is 0 Å². The maximum atomic E-state index is 11.9. The molecule has 0 aromatic carbocycles. The van der Waals surface area contributed by atoms with Crippen LogP contribution in [-0.2, 0) is 11.3 Å². The Morgan fingerprint density at radius 2 is 2.42 bits per heavy atom. The molecule has 1 saturated carbocycles. The Labute approximate surface area is 116 Å². The number of amides is 1. The summed E-state index contributed by atoms with van der Waals surface area (Å²) in [6, 6.07) is 4.06. The van der Waals surface area contributed by atoms with Gasteiger partial charge in [0.1, 0.15) is 17.9 Å². The number of imidazole rings is 1. The molecule has 1 N–H and O–H groups in total. The van der Waals surface area contributed by atoms with Crippen LogP contribution in [0.25, 0.3) is 11.2 Å². The molecule has 0 spiro atoms. The first-order valence-electron chi connectivity index (χ1n) is 6.39. The summed E-state index contributed by atoms with van der Waals surface area (Å²) in [7, 11) is 0. The van der Waals surface area contributed by atoms with Crippen LogP contribution in [0.2, 0.25) is 0 Å². The van der Waals surface area contributed by atoms with E-state index in [1.807, 2.05) is 19.1 Å². The first-order chi connectivity index (χ1) is 9.15. The van der Waals surface area contributed by atoms with Crippen molar-refractivity contribution in [3.8, 4) is 0 Å². The lowest BCUT2D eigenvalue weighted by molar-refractivity contribution is -0.121. The fourth-order valence-corrected chi connectivity index (χ4v) is 2.25. The topological polar surface area (TPSA) is 59.8 Å². The highest BCUT2D eigenvalue weighted by Crippen LogP contribution is 2.23. The maximum absolute atomic E-state index is 11.9. The van der Waals surface area contributed by atoms with Gasteiger partial charge in [0.15, 0.2) is 5.65 Å². The zero-order valence-corrected chi connectivity index (χ0v) is 11.4. The molecule has 19 heavy (non-hydrogen) atoms. The minimum atomic E-state index is -0.261. The molecule has 2 aromatic rings. The van der Waals surface area contributed by atoms with E-state index in [-0.39, 0.29) is 17.8 Å². The summed E-state index contributed by atoms with van der Waals surface area (Å²) in [6.45, 7) is 2.06. The smallest absolute Gasteiger partial charge is 0.240 e. The van der Waals surface area contributed by atoms with Crippen molar-refractivity contribution in [2.75, 3.05) is 0 Å². The van der Waals surface area contributed by atoms with E-state index in [0.29, 0.717) is 17.5 Å². The van der Waals surface area contributed by atoms with E-state index in [4.69, 9.17) is 11.6 Å². The molecule has 0 saturated heterocycles. The van der Waals surface area contributed by atoms with Crippen molar-refractivity contribution in [2.24, 2.45) is 0 Å². The summed E-state index contributed by atoms with van der Waals surface area (Å²) in [4.78, 5) is 20.7. The Kier molecular flexibility index (Phi) is 3.14. The lowest BCUT2D eigenvalue weighted by atomic mass is 10.4. The minimum absolute atomic E-state index is 0.00832. The third kappa shape index (κ3) is 2.56. The number of hydrogen-bond acceptors (Lipinski definition) is 3. The van der Waals surface area contributed by atoms with Crippen molar-refractivity contribution in [3.63, 3.8) is 0 Å². The minimum Gasteiger partial charge on any atom is -0.352 e. The highest BCUT2D eigenvalue weighted by Gasteiger charge is 2.24. The Morgan fingerprint density at radius 3 is 3.11 bits per heavy atom. The molecule has 1 aliphatic rings. The number of halogens is 1. The second-order valence-electron chi connectivity index (χ2n) is 4.86. The number of carbonyl (C=O) groups is 1. The summed E-state index contributed by atoms with van der Waals surface area (Å²) in [5.41, 5.74) is 1.47. The summed E-state index contributed by atoms with van der Waals surface area (Å²) < 4.78 is 1.80. The van der Waals surface area contributed by atoms with Gasteiger partial charge in [0.05, 0.1) is 5.38 Å². The van der Waals surface area contributed by atoms with Crippen molar-refractivity contribution in [2.45, 2.75) is 37.7 Å². The van der Waals surface area contributed by atoms with Crippen LogP contribution in [0.15, 0.2) is 18.3 Å². The predicted molar refractivity (Wildman–Crippen MR) is 73.0 cm³/mol. The van der Waals surface area contributed by atoms with E-state index in [2.05, 4.69) is 15.3 Å². The van der Waals surface area contributed by atoms with E-state index < -0.39 is 0 Å². The Balaban J connectivity index is 1.94. The summed E-state index contributed by atoms with van der Waals surface area (Å²) in [5.74, 6) is 0.673. The maximum Gasteiger partial charge on any atom is 0.240 e. The van der Waals surface area contributed by atoms with Gasteiger partial charge >= 0.3 is 0 Å². The Bertz CT molecular complexity index is 618. The van der Waals surface area contributed by atoms with Gasteiger partial charge in [-0.2, -0.15) is 0 Å². The molecule has 3 rings (SSSR count). The van der Waals surface area contributed by atoms with Crippen molar-refractivity contribution in [1.82, 2.24) is 19.9 Å². The highest BCUT2D eigenvalue weighted by molar-refractivity contribution is 6.20. The number of nitrogens with one attached hydrogen (secondary N) is 1. The number of carbonyl (C=O) groups excluding carboxylic acids is 1. The highest BCUT2D eigenvalue weighted by atomic mass is 35.5. The quantitative estimate of drug-likeness (QED) is 0.871. The standard InChI is InChI=1S/C13H15ClN4O/c1-8(14)12-17-10-3-2-6-15-13(10)18(12)7-11(19)16-9-4-5-9/h2-3,6,8-9H,4-5,7H2,1H3,(H,16,19). The normalized spacial score (nSPS) is 16.5. The van der Waals surface area contributed by atoms with Gasteiger partial charge in [0.2, 0.25) is 5.91 Å². The molecule has 1 fully saturated rings. The molecule has 6 heteroatoms. The molecule has 1 unspecified atom stereocenters. The van der Waals surface area contributed by atoms with Crippen LogP contribution in [0.5, 0.6) is 0 Å². The molecule has 5 nitrogen and oxygen atoms in total. The molecule has 2 heterocycles. The zero-order valence-electron chi connectivity index (χ0n) is 10.6. The number of fused-ring (bicyclic) bond motifs is 1. The van der Waals surface area contributed by atoms with Crippen LogP contribution in [-0.4, -0.2) is 26.5 Å². The largest absolute Gasteiger partial charge is 0.352 e. The third-order valence-corrected chi connectivity index (χ3v) is 3.33. The number of nitrogens with zero attached hydrogens (tertiary/aromatic N) is 3. The van der Waals surface area contributed by atoms with Gasteiger partial charge in [-0.3, -0.25) is 4.79 Å². The SMILES string of the molecule is CC(Cl)c1nc2cccnc2n1CC(=O)NC1CC1. The van der Waals surface area contributed by atoms with Gasteiger partial charge in [-0.1, -0.05) is 0 Å². The number of rotatable bonds is 4. The molecule has 100 valence electrons. The van der Waals surface area contributed by atoms with E-state index in [1.165, 1.54) is 0 Å². The zero-order chi connectivity index (χ0) is 13.4. The summed E-state index contributed by atoms with van der Waals surface area (Å²) in [5, 5.41) is 2.70. The predicted octanol–water partition coefficient (Wildman–Crippen LogP) is 2.01. The number of pyridine rings is 1. The van der Waals surface area contributed by atoms with E-state index in [1.54, 1.807) is 10.8 Å². The molecular formula is C13H15ClN4O. The molecule has 0 bridgehead atoms. The van der Waals surface area contributed by atoms with Gasteiger partial charge in [0, 0.05) is 12.2 Å². The Morgan fingerprint density at radius 1 is 1.63 bits per heavy atom. The van der Waals surface area contributed by atoms with Gasteiger partial charge < -0.3 is 9.88 Å². The lowest BCUT2D eigenvalue weighted by Gasteiger charge is -2.09. The van der Waals surface area contributed by atoms with E-state index in [0.717, 1.165) is 18.4 Å². The van der Waals surface area contributed by atoms with Gasteiger partial charge in [-0.25, -0.2) is 9.97 Å². The summed E-state index contributed by atoms with van der Waals surface area (Å²) in [6.07, 6.45) is 3.85. The number of hydrogen-bond donors (Lipinski definition) is 1. The van der Waals surface area contributed by atoms with Crippen molar-refractivity contribution in [3.05, 3.63) is 24.2 Å². The Hall–Kier alpha value is -1.62. The van der Waals surface area contributed by atoms with Gasteiger partial charge in [-0.15, -0.1) is 11.6 Å². The average molecular weight is 279 g/mol. The third-order valence-electron chi connectivity index (χ3n) is 3.13. The van der Waals surface area contributed by atoms with E-state index >= 15 is 0 Å². The average Bonchev–Trinajstić information content (AvgIpc) is 3.10. The van der Waals surface area contributed by atoms with Crippen molar-refractivity contribution >= 4 is 28.7 Å². The van der Waals surface area contributed by atoms with Crippen molar-refractivity contribution < 1.29 is 4.79 Å².